The third-order valence-electron chi connectivity index (χ3n) is 26.1. The van der Waals surface area contributed by atoms with Crippen LogP contribution in [0.2, 0.25) is 11.0 Å². The molecule has 0 bridgehead atoms. The van der Waals surface area contributed by atoms with E-state index in [4.69, 9.17) is 69.7 Å². The van der Waals surface area contributed by atoms with Crippen LogP contribution in [0, 0.1) is 0 Å². The van der Waals surface area contributed by atoms with Gasteiger partial charge in [0.15, 0.2) is 5.15 Å². The van der Waals surface area contributed by atoms with Gasteiger partial charge in [-0.25, -0.2) is 78.7 Å². The van der Waals surface area contributed by atoms with E-state index in [0.717, 1.165) is 61.0 Å². The Balaban J connectivity index is 0.000000176. The molecule has 0 unspecified atom stereocenters. The van der Waals surface area contributed by atoms with Gasteiger partial charge in [0.2, 0.25) is 17.6 Å². The van der Waals surface area contributed by atoms with Crippen LogP contribution in [0.1, 0.15) is 182 Å². The molecule has 0 amide bonds. The second-order valence-electron chi connectivity index (χ2n) is 36.6. The van der Waals surface area contributed by atoms with E-state index in [-0.39, 0.29) is 135 Å². The molecule has 9 atom stereocenters. The van der Waals surface area contributed by atoms with Crippen molar-refractivity contribution in [1.29, 1.82) is 0 Å². The number of ether oxygens (including phenoxy) is 7. The smallest absolute Gasteiger partial charge is 0.454 e. The molecule has 6 aromatic heterocycles. The Kier molecular flexibility index (Phi) is 36.8. The standard InChI is InChI=1S/C36H40F3N5O5S.C33H35ClF3N5O5S.C27H30F3N5O3S.C3H7BO2.CH2O2/c1-43(2)29-19-25(24-6-5-7-27(18-24)36(37,38)39)11-13-30(29)49-34-15-14-32(35(42-34)23-8-9-23)50(45,46)44(33-16-17-40-22-41-33)21-26-10-12-28(47-3)20-31(26)48-4;1-41(2)26-17-22(21-6-5-7-24(16-21)33(35,36)37)9-11-27(26)47-31-13-12-29(32(34)40-31)48(43,44)42(30-14-15-38-20-39-30)19-23-8-10-25(45-3)18-28(23)46-4;1-35(2)21-15-19(18-4-3-5-20(14-18)27(28,29)30)8-9-22(21)38-25-11-10-23(26(33-25)17-6-7-17)39(36,37)34-24-12-13-31-16-32-24;5-4(6)3-1-2-3;2-1-3/h5-7,10,12,14-18,20,22-23,25,29-30H,8-9,11,13,19,21H2,1-4H3;5-8,10,12-16,18,20,22,26-27H,9,11,17,19H2,1-4H3;3-5,10-14,16-17,19,21-22H,6-9,15H2,1-2H3,(H,31,32,34);3,5-6H,1-2H2;1H,(H,2,3)/t25-,29-,30-;22-,26-,27-;19-,21-,22-;;/m000../s1. The molecular weight excluding hydrogens is 2000 g/mol. The van der Waals surface area contributed by atoms with Crippen molar-refractivity contribution >= 4 is 72.7 Å². The van der Waals surface area contributed by atoms with E-state index < -0.39 is 72.4 Å². The van der Waals surface area contributed by atoms with E-state index in [2.05, 4.69) is 44.6 Å². The van der Waals surface area contributed by atoms with Gasteiger partial charge in [0.25, 0.3) is 36.5 Å². The van der Waals surface area contributed by atoms with Crippen LogP contribution in [0.25, 0.3) is 0 Å². The number of aromatic nitrogens is 9. The van der Waals surface area contributed by atoms with Crippen molar-refractivity contribution in [3.63, 3.8) is 0 Å². The molecule has 6 saturated carbocycles. The minimum atomic E-state index is -4.42. The summed E-state index contributed by atoms with van der Waals surface area (Å²) in [6.07, 6.45) is 4.74. The number of halogens is 10. The Bertz CT molecular complexity index is 6590. The number of alkyl halides is 9. The van der Waals surface area contributed by atoms with Crippen LogP contribution in [0.15, 0.2) is 216 Å². The summed E-state index contributed by atoms with van der Waals surface area (Å²) in [5, 5.41) is 23.1. The molecule has 6 aliphatic rings. The summed E-state index contributed by atoms with van der Waals surface area (Å²) in [5.74, 6) is 3.21. The Hall–Kier alpha value is -12.4. The topological polar surface area (TPSA) is 389 Å². The molecule has 6 heterocycles. The average Bonchev–Trinajstić information content (AvgIpc) is 1.55. The molecule has 11 aromatic rings. The first-order valence-corrected chi connectivity index (χ1v) is 51.6. The van der Waals surface area contributed by atoms with Gasteiger partial charge >= 0.3 is 25.6 Å². The molecule has 782 valence electrons. The number of pyridine rings is 3. The van der Waals surface area contributed by atoms with Crippen molar-refractivity contribution in [2.75, 3.05) is 84.1 Å². The van der Waals surface area contributed by atoms with Gasteiger partial charge in [-0.3, -0.25) is 9.52 Å². The van der Waals surface area contributed by atoms with E-state index in [1.807, 2.05) is 57.0 Å². The van der Waals surface area contributed by atoms with Crippen molar-refractivity contribution in [2.45, 2.75) is 214 Å². The number of nitrogens with zero attached hydrogens (tertiary/aromatic N) is 14. The van der Waals surface area contributed by atoms with Crippen molar-refractivity contribution < 1.29 is 118 Å². The lowest BCUT2D eigenvalue weighted by molar-refractivity contribution is -0.138. The highest BCUT2D eigenvalue weighted by Crippen LogP contribution is 2.49. The van der Waals surface area contributed by atoms with Crippen molar-refractivity contribution in [3.8, 4) is 40.6 Å². The highest BCUT2D eigenvalue weighted by atomic mass is 35.5. The molecule has 5 aromatic carbocycles. The summed E-state index contributed by atoms with van der Waals surface area (Å²) < 4.78 is 249. The Morgan fingerprint density at radius 2 is 0.774 bits per heavy atom. The molecule has 0 aliphatic heterocycles. The molecule has 0 spiro atoms. The number of sulfonamides is 3. The number of carboxylic acid groups (broad SMARTS) is 1. The Morgan fingerprint density at radius 1 is 0.425 bits per heavy atom. The number of likely N-dealkylation sites (N-methyl/N-ethyl adjacent to an activating group) is 3. The minimum Gasteiger partial charge on any atom is -0.497 e. The van der Waals surface area contributed by atoms with E-state index in [1.54, 1.807) is 72.8 Å². The molecule has 146 heavy (non-hydrogen) atoms. The zero-order chi connectivity index (χ0) is 105. The van der Waals surface area contributed by atoms with E-state index in [1.165, 1.54) is 143 Å². The summed E-state index contributed by atoms with van der Waals surface area (Å²) in [6, 6.07) is 39.9. The number of carbonyl (C=O) groups is 1. The van der Waals surface area contributed by atoms with Gasteiger partial charge in [0, 0.05) is 102 Å². The average molecular weight is 2110 g/mol. The normalized spacial score (nSPS) is 19.6. The van der Waals surface area contributed by atoms with Gasteiger partial charge in [0.1, 0.15) is 92.4 Å². The number of rotatable bonds is 32. The molecule has 4 N–H and O–H groups in total. The van der Waals surface area contributed by atoms with Crippen LogP contribution in [0.4, 0.5) is 57.0 Å². The molecule has 46 heteroatoms. The second-order valence-corrected chi connectivity index (χ2v) is 42.3. The Morgan fingerprint density at radius 3 is 1.09 bits per heavy atom. The molecule has 6 aliphatic carbocycles. The number of hydrogen-bond acceptors (Lipinski definition) is 28. The Labute approximate surface area is 846 Å². The summed E-state index contributed by atoms with van der Waals surface area (Å²) in [6.45, 7) is -0.477. The molecular formula is C100H114BClF9N15O17S3. The number of nitrogens with one attached hydrogen (secondary N) is 1. The minimum absolute atomic E-state index is 0.0325. The van der Waals surface area contributed by atoms with Crippen LogP contribution in [-0.4, -0.2) is 221 Å². The SMILES string of the molecule is CN(C)[C@H]1C[C@@H](c2cccc(C(F)(F)F)c2)CC[C@@H]1Oc1ccc(S(=O)(=O)Nc2ccncn2)c(C2CC2)n1.COc1ccc(CN(c2ccncn2)S(=O)(=O)c2ccc(O[C@H]3CC[C@H](c4cccc(C(F)(F)F)c4)C[C@@H]3N(C)C)nc2C2CC2)c(OC)c1.COc1ccc(CN(c2ccncn2)S(=O)(=O)c2ccc(O[C@H]3CC[C@H](c4cccc(C(F)(F)F)c4)C[C@@H]3N(C)C)nc2Cl)c(OC)c1.O=CO.OB(O)C1CC1. The van der Waals surface area contributed by atoms with Gasteiger partial charge in [-0.05, 0) is 233 Å². The molecule has 6 fully saturated rings. The van der Waals surface area contributed by atoms with E-state index in [0.29, 0.717) is 132 Å². The highest BCUT2D eigenvalue weighted by molar-refractivity contribution is 7.93. The van der Waals surface area contributed by atoms with Crippen LogP contribution in [0.3, 0.4) is 0 Å². The first-order chi connectivity index (χ1) is 69.4. The predicted octanol–water partition coefficient (Wildman–Crippen LogP) is 18.0. The third-order valence-corrected chi connectivity index (χ3v) is 31.5. The lowest BCUT2D eigenvalue weighted by atomic mass is 9.79. The molecule has 0 saturated heterocycles. The van der Waals surface area contributed by atoms with Crippen LogP contribution < -0.4 is 46.5 Å². The van der Waals surface area contributed by atoms with Gasteiger partial charge in [0.05, 0.1) is 69.6 Å². The maximum atomic E-state index is 14.6. The van der Waals surface area contributed by atoms with E-state index in [9.17, 15) is 64.8 Å². The van der Waals surface area contributed by atoms with Gasteiger partial charge in [-0.1, -0.05) is 79.0 Å². The monoisotopic (exact) mass is 2110 g/mol. The third kappa shape index (κ3) is 28.7. The number of anilines is 3. The largest absolute Gasteiger partial charge is 0.497 e. The summed E-state index contributed by atoms with van der Waals surface area (Å²) in [7, 11) is 4.00. The van der Waals surface area contributed by atoms with Crippen LogP contribution in [-0.2, 0) is 66.5 Å². The van der Waals surface area contributed by atoms with Crippen molar-refractivity contribution in [2.24, 2.45) is 0 Å². The zero-order valence-electron chi connectivity index (χ0n) is 81.5. The predicted molar refractivity (Wildman–Crippen MR) is 526 cm³/mol. The quantitative estimate of drug-likeness (QED) is 0.0132. The summed E-state index contributed by atoms with van der Waals surface area (Å²) >= 11 is 6.54. The fraction of sp³-hybridized carbons (Fsp3) is 0.420. The van der Waals surface area contributed by atoms with Crippen molar-refractivity contribution in [3.05, 3.63) is 262 Å². The summed E-state index contributed by atoms with van der Waals surface area (Å²) in [5.41, 5.74) is 2.05. The van der Waals surface area contributed by atoms with Gasteiger partial charge in [-0.15, -0.1) is 0 Å². The van der Waals surface area contributed by atoms with Crippen LogP contribution in [0.5, 0.6) is 40.6 Å². The number of hydrogen-bond donors (Lipinski definition) is 4. The fourth-order valence-corrected chi connectivity index (χ4v) is 22.7. The first-order valence-electron chi connectivity index (χ1n) is 46.8. The van der Waals surface area contributed by atoms with Crippen molar-refractivity contribution in [1.82, 2.24) is 59.6 Å². The number of methoxy groups -OCH3 is 4. The van der Waals surface area contributed by atoms with Gasteiger partial charge < -0.3 is 63.0 Å². The lowest BCUT2D eigenvalue weighted by Crippen LogP contribution is -2.46. The highest BCUT2D eigenvalue weighted by Gasteiger charge is 2.45. The molecule has 32 nitrogen and oxygen atoms in total. The lowest BCUT2D eigenvalue weighted by Gasteiger charge is -2.39. The second kappa shape index (κ2) is 48.5. The van der Waals surface area contributed by atoms with Gasteiger partial charge in [-0.2, -0.15) is 39.5 Å². The maximum Gasteiger partial charge on any atom is 0.454 e. The first kappa shape index (κ1) is 111. The van der Waals surface area contributed by atoms with E-state index >= 15 is 0 Å². The fourth-order valence-electron chi connectivity index (χ4n) is 18.0. The number of benzene rings is 5. The van der Waals surface area contributed by atoms with Crippen LogP contribution >= 0.6 is 11.6 Å². The summed E-state index contributed by atoms with van der Waals surface area (Å²) in [4.78, 5) is 52.1. The maximum absolute atomic E-state index is 14.6. The molecule has 0 radical (unpaired) electrons. The zero-order valence-corrected chi connectivity index (χ0v) is 84.7. The molecule has 17 rings (SSSR count).